The van der Waals surface area contributed by atoms with Gasteiger partial charge in [0.05, 0.1) is 10.7 Å². The Kier molecular flexibility index (Phi) is 5.76. The number of para-hydroxylation sites is 1. The summed E-state index contributed by atoms with van der Waals surface area (Å²) >= 11 is 6.04. The molecule has 0 aliphatic carbocycles. The summed E-state index contributed by atoms with van der Waals surface area (Å²) in [6.45, 7) is 0.476. The highest BCUT2D eigenvalue weighted by Crippen LogP contribution is 2.21. The first kappa shape index (κ1) is 17.8. The molecule has 0 fully saturated rings. The fourth-order valence-corrected chi connectivity index (χ4v) is 2.54. The molecule has 7 heteroatoms. The summed E-state index contributed by atoms with van der Waals surface area (Å²) in [4.78, 5) is 20.4. The smallest absolute Gasteiger partial charge is 0.274 e. The number of carbonyl (C=O) groups is 1. The highest BCUT2D eigenvalue weighted by molar-refractivity contribution is 6.33. The third kappa shape index (κ3) is 4.55. The maximum Gasteiger partial charge on any atom is 0.274 e. The number of halogens is 2. The number of benzene rings is 2. The molecule has 0 spiro atoms. The number of hydrogen-bond donors (Lipinski definition) is 2. The van der Waals surface area contributed by atoms with Gasteiger partial charge in [-0.3, -0.25) is 4.79 Å². The number of amides is 1. The molecule has 0 unspecified atom stereocenters. The van der Waals surface area contributed by atoms with Crippen molar-refractivity contribution < 1.29 is 9.18 Å². The van der Waals surface area contributed by atoms with Crippen molar-refractivity contribution in [3.8, 4) is 0 Å². The van der Waals surface area contributed by atoms with Crippen LogP contribution >= 0.6 is 11.6 Å². The highest BCUT2D eigenvalue weighted by atomic mass is 35.5. The Morgan fingerprint density at radius 1 is 1.08 bits per heavy atom. The largest absolute Gasteiger partial charge is 0.370 e. The molecule has 0 bridgehead atoms. The van der Waals surface area contributed by atoms with Crippen LogP contribution in [0.1, 0.15) is 16.1 Å². The number of aromatic nitrogens is 2. The predicted octanol–water partition coefficient (Wildman–Crippen LogP) is 4.18. The molecule has 1 aromatic heterocycles. The van der Waals surface area contributed by atoms with Gasteiger partial charge >= 0.3 is 0 Å². The van der Waals surface area contributed by atoms with Crippen molar-refractivity contribution in [2.24, 2.45) is 0 Å². The van der Waals surface area contributed by atoms with Crippen molar-refractivity contribution in [1.82, 2.24) is 9.97 Å². The van der Waals surface area contributed by atoms with Crippen LogP contribution in [0.4, 0.5) is 15.9 Å². The fourth-order valence-electron chi connectivity index (χ4n) is 2.35. The Morgan fingerprint density at radius 2 is 1.85 bits per heavy atom. The van der Waals surface area contributed by atoms with Crippen LogP contribution in [0.25, 0.3) is 0 Å². The van der Waals surface area contributed by atoms with Gasteiger partial charge in [0.25, 0.3) is 5.91 Å². The third-order valence-corrected chi connectivity index (χ3v) is 4.01. The number of nitrogens with one attached hydrogen (secondary N) is 2. The minimum absolute atomic E-state index is 0.202. The topological polar surface area (TPSA) is 66.9 Å². The SMILES string of the molecule is O=C(Nc1ccccc1Cl)c1cc(NCCc2ccccc2F)ncn1. The van der Waals surface area contributed by atoms with E-state index in [2.05, 4.69) is 20.6 Å². The number of nitrogens with zero attached hydrogens (tertiary/aromatic N) is 2. The van der Waals surface area contributed by atoms with Crippen LogP contribution in [-0.4, -0.2) is 22.4 Å². The number of anilines is 2. The maximum absolute atomic E-state index is 13.6. The summed E-state index contributed by atoms with van der Waals surface area (Å²) in [6.07, 6.45) is 1.80. The molecule has 1 heterocycles. The molecule has 3 rings (SSSR count). The summed E-state index contributed by atoms with van der Waals surface area (Å²) in [6, 6.07) is 15.1. The second-order valence-electron chi connectivity index (χ2n) is 5.49. The molecule has 0 atom stereocenters. The molecule has 0 radical (unpaired) electrons. The van der Waals surface area contributed by atoms with Gasteiger partial charge in [-0.25, -0.2) is 14.4 Å². The van der Waals surface area contributed by atoms with Crippen LogP contribution in [0.3, 0.4) is 0 Å². The van der Waals surface area contributed by atoms with Crippen molar-refractivity contribution in [1.29, 1.82) is 0 Å². The number of rotatable bonds is 6. The van der Waals surface area contributed by atoms with Gasteiger partial charge in [-0.2, -0.15) is 0 Å². The zero-order valence-electron chi connectivity index (χ0n) is 13.7. The number of carbonyl (C=O) groups excluding carboxylic acids is 1. The van der Waals surface area contributed by atoms with E-state index in [1.807, 2.05) is 0 Å². The molecule has 26 heavy (non-hydrogen) atoms. The van der Waals surface area contributed by atoms with E-state index >= 15 is 0 Å². The first-order chi connectivity index (χ1) is 12.6. The van der Waals surface area contributed by atoms with Crippen molar-refractivity contribution in [3.05, 3.63) is 83.0 Å². The Labute approximate surface area is 155 Å². The van der Waals surface area contributed by atoms with E-state index in [1.54, 1.807) is 42.5 Å². The molecule has 3 aromatic rings. The van der Waals surface area contributed by atoms with Crippen LogP contribution in [0, 0.1) is 5.82 Å². The minimum Gasteiger partial charge on any atom is -0.370 e. The molecular weight excluding hydrogens is 355 g/mol. The van der Waals surface area contributed by atoms with E-state index in [1.165, 1.54) is 18.5 Å². The molecule has 5 nitrogen and oxygen atoms in total. The summed E-state index contributed by atoms with van der Waals surface area (Å²) in [5.41, 5.74) is 1.32. The van der Waals surface area contributed by atoms with Gasteiger partial charge in [-0.1, -0.05) is 41.9 Å². The first-order valence-corrected chi connectivity index (χ1v) is 8.36. The Hall–Kier alpha value is -2.99. The molecule has 0 saturated carbocycles. The summed E-state index contributed by atoms with van der Waals surface area (Å²) < 4.78 is 13.6. The predicted molar refractivity (Wildman–Crippen MR) is 100 cm³/mol. The summed E-state index contributed by atoms with van der Waals surface area (Å²) in [7, 11) is 0. The van der Waals surface area contributed by atoms with Crippen molar-refractivity contribution in [2.45, 2.75) is 6.42 Å². The minimum atomic E-state index is -0.391. The average Bonchev–Trinajstić information content (AvgIpc) is 2.65. The van der Waals surface area contributed by atoms with Crippen LogP contribution in [0.2, 0.25) is 5.02 Å². The van der Waals surface area contributed by atoms with Gasteiger partial charge in [-0.15, -0.1) is 0 Å². The number of hydrogen-bond acceptors (Lipinski definition) is 4. The van der Waals surface area contributed by atoms with Crippen LogP contribution < -0.4 is 10.6 Å². The second-order valence-corrected chi connectivity index (χ2v) is 5.90. The van der Waals surface area contributed by atoms with E-state index in [4.69, 9.17) is 11.6 Å². The third-order valence-electron chi connectivity index (χ3n) is 3.68. The van der Waals surface area contributed by atoms with E-state index in [0.717, 1.165) is 0 Å². The Bertz CT molecular complexity index is 919. The lowest BCUT2D eigenvalue weighted by molar-refractivity contribution is 0.102. The summed E-state index contributed by atoms with van der Waals surface area (Å²) in [5.74, 6) is -0.143. The molecule has 2 N–H and O–H groups in total. The Balaban J connectivity index is 1.62. The van der Waals surface area contributed by atoms with E-state index in [0.29, 0.717) is 35.1 Å². The lowest BCUT2D eigenvalue weighted by Crippen LogP contribution is -2.15. The standard InChI is InChI=1S/C19H16ClFN4O/c20-14-6-2-4-8-16(14)25-19(26)17-11-18(24-12-23-17)22-10-9-13-5-1-3-7-15(13)21/h1-8,11-12H,9-10H2,(H,25,26)(H,22,23,24). The van der Waals surface area contributed by atoms with Gasteiger partial charge in [0.2, 0.25) is 0 Å². The zero-order chi connectivity index (χ0) is 18.4. The van der Waals surface area contributed by atoms with Crippen molar-refractivity contribution in [2.75, 3.05) is 17.2 Å². The molecule has 0 aliphatic rings. The zero-order valence-corrected chi connectivity index (χ0v) is 14.5. The molecule has 132 valence electrons. The van der Waals surface area contributed by atoms with Gasteiger partial charge in [0.1, 0.15) is 23.7 Å². The lowest BCUT2D eigenvalue weighted by atomic mass is 10.1. The van der Waals surface area contributed by atoms with Crippen molar-refractivity contribution in [3.63, 3.8) is 0 Å². The normalized spacial score (nSPS) is 10.4. The van der Waals surface area contributed by atoms with Gasteiger partial charge in [-0.05, 0) is 30.2 Å². The summed E-state index contributed by atoms with van der Waals surface area (Å²) in [5, 5.41) is 6.21. The molecule has 0 aliphatic heterocycles. The van der Waals surface area contributed by atoms with Crippen LogP contribution in [-0.2, 0) is 6.42 Å². The molecular formula is C19H16ClFN4O. The maximum atomic E-state index is 13.6. The van der Waals surface area contributed by atoms with Crippen molar-refractivity contribution >= 4 is 29.0 Å². The Morgan fingerprint density at radius 3 is 2.65 bits per heavy atom. The van der Waals surface area contributed by atoms with E-state index < -0.39 is 5.91 Å². The molecule has 2 aromatic carbocycles. The van der Waals surface area contributed by atoms with Gasteiger partial charge in [0, 0.05) is 12.6 Å². The molecule has 1 amide bonds. The average molecular weight is 371 g/mol. The second kappa shape index (κ2) is 8.40. The van der Waals surface area contributed by atoms with Crippen LogP contribution in [0.5, 0.6) is 0 Å². The quantitative estimate of drug-likeness (QED) is 0.683. The fraction of sp³-hybridized carbons (Fsp3) is 0.105. The van der Waals surface area contributed by atoms with Crippen LogP contribution in [0.15, 0.2) is 60.9 Å². The highest BCUT2D eigenvalue weighted by Gasteiger charge is 2.11. The van der Waals surface area contributed by atoms with Gasteiger partial charge < -0.3 is 10.6 Å². The van der Waals surface area contributed by atoms with Gasteiger partial charge in [0.15, 0.2) is 0 Å². The monoisotopic (exact) mass is 370 g/mol. The first-order valence-electron chi connectivity index (χ1n) is 7.98. The molecule has 0 saturated heterocycles. The van der Waals surface area contributed by atoms with E-state index in [-0.39, 0.29) is 11.5 Å². The lowest BCUT2D eigenvalue weighted by Gasteiger charge is -2.09. The van der Waals surface area contributed by atoms with E-state index in [9.17, 15) is 9.18 Å².